The summed E-state index contributed by atoms with van der Waals surface area (Å²) in [6.07, 6.45) is 3.84. The van der Waals surface area contributed by atoms with E-state index in [1.165, 1.54) is 6.42 Å². The van der Waals surface area contributed by atoms with Crippen LogP contribution in [0.2, 0.25) is 5.02 Å². The molecule has 1 unspecified atom stereocenters. The Kier molecular flexibility index (Phi) is 6.40. The van der Waals surface area contributed by atoms with E-state index in [2.05, 4.69) is 37.4 Å². The Bertz CT molecular complexity index is 1350. The fraction of sp³-hybridized carbons (Fsp3) is 0.240. The second kappa shape index (κ2) is 9.75. The number of halogens is 1. The number of aromatic nitrogens is 3. The molecule has 166 valence electrons. The lowest BCUT2D eigenvalue weighted by molar-refractivity contribution is 0.301. The highest BCUT2D eigenvalue weighted by Gasteiger charge is 2.12. The number of hydrogen-bond donors (Lipinski definition) is 2. The fourth-order valence-electron chi connectivity index (χ4n) is 3.63. The van der Waals surface area contributed by atoms with Gasteiger partial charge in [0.05, 0.1) is 31.9 Å². The zero-order chi connectivity index (χ0) is 22.6. The second-order valence-electron chi connectivity index (χ2n) is 7.79. The van der Waals surface area contributed by atoms with Crippen molar-refractivity contribution in [1.82, 2.24) is 20.3 Å². The van der Waals surface area contributed by atoms with Gasteiger partial charge in [-0.05, 0) is 62.7 Å². The summed E-state index contributed by atoms with van der Waals surface area (Å²) in [5.74, 6) is 7.93. The highest BCUT2D eigenvalue weighted by molar-refractivity contribution is 7.20. The Balaban J connectivity index is 1.31. The van der Waals surface area contributed by atoms with Crippen LogP contribution in [0.25, 0.3) is 10.2 Å². The van der Waals surface area contributed by atoms with Gasteiger partial charge in [-0.3, -0.25) is 4.98 Å². The molecule has 1 fully saturated rings. The van der Waals surface area contributed by atoms with Gasteiger partial charge in [-0.2, -0.15) is 0 Å². The summed E-state index contributed by atoms with van der Waals surface area (Å²) in [7, 11) is 0. The quantitative estimate of drug-likeness (QED) is 0.373. The maximum absolute atomic E-state index is 6.48. The number of nitrogens with zero attached hydrogens (tertiary/aromatic N) is 3. The van der Waals surface area contributed by atoms with Crippen molar-refractivity contribution < 1.29 is 4.74 Å². The summed E-state index contributed by atoms with van der Waals surface area (Å²) in [6.45, 7) is 3.35. The molecule has 0 radical (unpaired) electrons. The van der Waals surface area contributed by atoms with E-state index in [9.17, 15) is 0 Å². The number of aryl methyl sites for hydroxylation is 1. The molecule has 3 aromatic heterocycles. The lowest BCUT2D eigenvalue weighted by atomic mass is 10.2. The topological polar surface area (TPSA) is 72.0 Å². The van der Waals surface area contributed by atoms with E-state index in [0.717, 1.165) is 51.0 Å². The number of thiophene rings is 1. The molecule has 8 heteroatoms. The number of hydrogen-bond acceptors (Lipinski definition) is 7. The predicted octanol–water partition coefficient (Wildman–Crippen LogP) is 5.47. The number of benzene rings is 1. The molecule has 6 nitrogen and oxygen atoms in total. The predicted molar refractivity (Wildman–Crippen MR) is 133 cm³/mol. The Morgan fingerprint density at radius 1 is 1.24 bits per heavy atom. The van der Waals surface area contributed by atoms with Crippen molar-refractivity contribution in [3.05, 3.63) is 70.1 Å². The number of pyridine rings is 1. The van der Waals surface area contributed by atoms with Gasteiger partial charge in [0.15, 0.2) is 5.82 Å². The first-order chi connectivity index (χ1) is 16.1. The molecule has 2 N–H and O–H groups in total. The zero-order valence-corrected chi connectivity index (χ0v) is 19.6. The molecule has 4 heterocycles. The summed E-state index contributed by atoms with van der Waals surface area (Å²) < 4.78 is 6.82. The lowest BCUT2D eigenvalue weighted by Crippen LogP contribution is -2.18. The minimum Gasteiger partial charge on any atom is -0.486 e. The molecule has 0 saturated carbocycles. The first-order valence-electron chi connectivity index (χ1n) is 10.8. The van der Waals surface area contributed by atoms with Crippen molar-refractivity contribution in [1.29, 1.82) is 0 Å². The van der Waals surface area contributed by atoms with E-state index in [1.807, 2.05) is 49.4 Å². The van der Waals surface area contributed by atoms with E-state index >= 15 is 0 Å². The molecule has 1 aliphatic heterocycles. The van der Waals surface area contributed by atoms with Crippen molar-refractivity contribution in [3.63, 3.8) is 0 Å². The van der Waals surface area contributed by atoms with Crippen LogP contribution in [0.4, 0.5) is 11.5 Å². The van der Waals surface area contributed by atoms with Gasteiger partial charge < -0.3 is 15.4 Å². The molecule has 0 amide bonds. The van der Waals surface area contributed by atoms with Gasteiger partial charge in [0.1, 0.15) is 18.7 Å². The summed E-state index contributed by atoms with van der Waals surface area (Å²) in [4.78, 5) is 14.3. The summed E-state index contributed by atoms with van der Waals surface area (Å²) in [5, 5.41) is 7.27. The molecule has 5 rings (SSSR count). The van der Waals surface area contributed by atoms with Crippen LogP contribution in [0.15, 0.2) is 48.8 Å². The first kappa shape index (κ1) is 21.7. The molecular formula is C25H22ClN5OS. The first-order valence-corrected chi connectivity index (χ1v) is 11.9. The van der Waals surface area contributed by atoms with Crippen LogP contribution in [0.1, 0.15) is 29.1 Å². The van der Waals surface area contributed by atoms with Crippen molar-refractivity contribution in [3.8, 4) is 17.6 Å². The van der Waals surface area contributed by atoms with Crippen LogP contribution in [-0.4, -0.2) is 27.5 Å². The van der Waals surface area contributed by atoms with Crippen LogP contribution < -0.4 is 15.4 Å². The summed E-state index contributed by atoms with van der Waals surface area (Å²) >= 11 is 8.07. The standard InChI is InChI=1S/C25H22ClN5OS/c1-16-4-2-5-19(30-16)14-32-23-10-8-18(12-21(23)26)31-25-24-22(28-15-29-25)13-20(33-24)9-7-17-6-3-11-27-17/h2,4-5,8,10,12-13,15,17,27H,3,6,11,14H2,1H3,(H,28,29,31). The molecule has 1 aliphatic rings. The van der Waals surface area contributed by atoms with E-state index < -0.39 is 0 Å². The molecule has 1 aromatic carbocycles. The van der Waals surface area contributed by atoms with Crippen LogP contribution in [-0.2, 0) is 6.61 Å². The number of anilines is 2. The molecule has 4 aromatic rings. The Hall–Kier alpha value is -3.18. The fourth-order valence-corrected chi connectivity index (χ4v) is 4.79. The third kappa shape index (κ3) is 5.25. The van der Waals surface area contributed by atoms with E-state index in [-0.39, 0.29) is 6.04 Å². The lowest BCUT2D eigenvalue weighted by Gasteiger charge is -2.11. The van der Waals surface area contributed by atoms with Gasteiger partial charge >= 0.3 is 0 Å². The monoisotopic (exact) mass is 475 g/mol. The van der Waals surface area contributed by atoms with Crippen LogP contribution in [0, 0.1) is 18.8 Å². The molecule has 1 atom stereocenters. The number of fused-ring (bicyclic) bond motifs is 1. The van der Waals surface area contributed by atoms with Crippen molar-refractivity contribution in [2.45, 2.75) is 32.4 Å². The molecule has 0 aliphatic carbocycles. The zero-order valence-electron chi connectivity index (χ0n) is 18.1. The minimum atomic E-state index is 0.281. The van der Waals surface area contributed by atoms with Gasteiger partial charge in [0, 0.05) is 11.4 Å². The smallest absolute Gasteiger partial charge is 0.151 e. The Morgan fingerprint density at radius 2 is 2.18 bits per heavy atom. The largest absolute Gasteiger partial charge is 0.486 e. The van der Waals surface area contributed by atoms with Crippen LogP contribution >= 0.6 is 22.9 Å². The Labute approximate surface area is 201 Å². The molecule has 1 saturated heterocycles. The minimum absolute atomic E-state index is 0.281. The number of ether oxygens (including phenoxy) is 1. The van der Waals surface area contributed by atoms with Gasteiger partial charge in [0.2, 0.25) is 0 Å². The van der Waals surface area contributed by atoms with E-state index in [0.29, 0.717) is 17.4 Å². The Morgan fingerprint density at radius 3 is 3.00 bits per heavy atom. The van der Waals surface area contributed by atoms with Crippen LogP contribution in [0.3, 0.4) is 0 Å². The van der Waals surface area contributed by atoms with Crippen molar-refractivity contribution in [2.24, 2.45) is 0 Å². The third-order valence-corrected chi connectivity index (χ3v) is 6.60. The second-order valence-corrected chi connectivity index (χ2v) is 9.25. The molecular weight excluding hydrogens is 454 g/mol. The third-order valence-electron chi connectivity index (χ3n) is 5.26. The average molecular weight is 476 g/mol. The number of rotatable bonds is 5. The maximum atomic E-state index is 6.48. The van der Waals surface area contributed by atoms with Crippen LogP contribution in [0.5, 0.6) is 5.75 Å². The van der Waals surface area contributed by atoms with E-state index in [1.54, 1.807) is 17.7 Å². The highest BCUT2D eigenvalue weighted by Crippen LogP contribution is 2.33. The van der Waals surface area contributed by atoms with Crippen molar-refractivity contribution in [2.75, 3.05) is 11.9 Å². The van der Waals surface area contributed by atoms with Gasteiger partial charge in [-0.15, -0.1) is 11.3 Å². The van der Waals surface area contributed by atoms with Gasteiger partial charge in [-0.1, -0.05) is 29.5 Å². The SMILES string of the molecule is Cc1cccc(COc2ccc(Nc3ncnc4cc(C#CC5CCCN5)sc34)cc2Cl)n1. The number of nitrogens with one attached hydrogen (secondary N) is 2. The van der Waals surface area contributed by atoms with E-state index in [4.69, 9.17) is 16.3 Å². The molecule has 0 spiro atoms. The maximum Gasteiger partial charge on any atom is 0.151 e. The average Bonchev–Trinajstić information content (AvgIpc) is 3.47. The van der Waals surface area contributed by atoms with Gasteiger partial charge in [0.25, 0.3) is 0 Å². The molecule has 0 bridgehead atoms. The van der Waals surface area contributed by atoms with Gasteiger partial charge in [-0.25, -0.2) is 9.97 Å². The van der Waals surface area contributed by atoms with Crippen molar-refractivity contribution >= 4 is 44.7 Å². The normalized spacial score (nSPS) is 15.3. The summed E-state index contributed by atoms with van der Waals surface area (Å²) in [6, 6.07) is 13.7. The summed E-state index contributed by atoms with van der Waals surface area (Å²) in [5.41, 5.74) is 3.50. The molecule has 33 heavy (non-hydrogen) atoms. The highest BCUT2D eigenvalue weighted by atomic mass is 35.5.